The van der Waals surface area contributed by atoms with Gasteiger partial charge in [-0.2, -0.15) is 0 Å². The molecule has 0 spiro atoms. The van der Waals surface area contributed by atoms with Crippen molar-refractivity contribution in [3.63, 3.8) is 0 Å². The van der Waals surface area contributed by atoms with Crippen LogP contribution in [0.4, 0.5) is 0 Å². The Bertz CT molecular complexity index is 1200. The molecule has 0 fully saturated rings. The number of rotatable bonds is 4. The van der Waals surface area contributed by atoms with Crippen molar-refractivity contribution in [1.29, 1.82) is 0 Å². The first-order valence-electron chi connectivity index (χ1n) is 9.61. The van der Waals surface area contributed by atoms with Crippen molar-refractivity contribution in [3.05, 3.63) is 96.1 Å². The van der Waals surface area contributed by atoms with Crippen molar-refractivity contribution in [2.45, 2.75) is 33.4 Å². The van der Waals surface area contributed by atoms with Crippen LogP contribution in [0.3, 0.4) is 0 Å². The molecule has 0 aliphatic heterocycles. The van der Waals surface area contributed by atoms with Gasteiger partial charge in [-0.15, -0.1) is 0 Å². The molecule has 0 N–H and O–H groups in total. The third kappa shape index (κ3) is 3.68. The normalized spacial score (nSPS) is 11.4. The number of benzene rings is 4. The molecule has 1 heterocycles. The first kappa shape index (κ1) is 18.4. The third-order valence-corrected chi connectivity index (χ3v) is 7.34. The van der Waals surface area contributed by atoms with Crippen LogP contribution in [0.2, 0.25) is 0 Å². The van der Waals surface area contributed by atoms with Gasteiger partial charge in [-0.25, -0.2) is 0 Å². The highest BCUT2D eigenvalue weighted by Crippen LogP contribution is 2.40. The summed E-state index contributed by atoms with van der Waals surface area (Å²) < 4.78 is 6.21. The van der Waals surface area contributed by atoms with Crippen LogP contribution in [0.25, 0.3) is 21.9 Å². The summed E-state index contributed by atoms with van der Waals surface area (Å²) in [4.78, 5) is 5.03. The van der Waals surface area contributed by atoms with Gasteiger partial charge < -0.3 is 4.42 Å². The van der Waals surface area contributed by atoms with Crippen LogP contribution in [0, 0.1) is 13.8 Å². The van der Waals surface area contributed by atoms with Crippen molar-refractivity contribution in [2.75, 3.05) is 0 Å². The Kier molecular flexibility index (Phi) is 4.86. The van der Waals surface area contributed by atoms with Gasteiger partial charge in [-0.05, 0) is 73.5 Å². The molecule has 5 rings (SSSR count). The average molecular weight is 413 g/mol. The van der Waals surface area contributed by atoms with Gasteiger partial charge in [-0.1, -0.05) is 59.9 Å². The maximum absolute atomic E-state index is 6.21. The van der Waals surface area contributed by atoms with Crippen molar-refractivity contribution < 1.29 is 4.42 Å². The molecule has 0 unspecified atom stereocenters. The number of aryl methyl sites for hydroxylation is 2. The van der Waals surface area contributed by atoms with E-state index >= 15 is 0 Å². The SMILES string of the molecule is Cc1cc2oc3cc(C)c(Sc4ccccc4)cc3c2cc1Sc1ccccc1. The lowest BCUT2D eigenvalue weighted by Crippen LogP contribution is -1.82. The Morgan fingerprint density at radius 1 is 0.552 bits per heavy atom. The molecule has 0 aliphatic rings. The molecular weight excluding hydrogens is 392 g/mol. The number of furan rings is 1. The second-order valence-corrected chi connectivity index (χ2v) is 9.39. The summed E-state index contributed by atoms with van der Waals surface area (Å²) in [6, 6.07) is 29.9. The molecule has 1 aromatic heterocycles. The predicted molar refractivity (Wildman–Crippen MR) is 124 cm³/mol. The molecule has 142 valence electrons. The van der Waals surface area contributed by atoms with E-state index in [1.807, 2.05) is 0 Å². The van der Waals surface area contributed by atoms with Gasteiger partial charge in [0.2, 0.25) is 0 Å². The molecule has 4 aromatic carbocycles. The molecule has 0 saturated heterocycles. The fraction of sp³-hybridized carbons (Fsp3) is 0.0769. The van der Waals surface area contributed by atoms with Crippen molar-refractivity contribution in [3.8, 4) is 0 Å². The van der Waals surface area contributed by atoms with Crippen LogP contribution in [-0.2, 0) is 0 Å². The molecule has 0 aliphatic carbocycles. The lowest BCUT2D eigenvalue weighted by atomic mass is 10.1. The monoisotopic (exact) mass is 412 g/mol. The molecule has 1 nitrogen and oxygen atoms in total. The third-order valence-electron chi connectivity index (χ3n) is 5.01. The first-order valence-corrected chi connectivity index (χ1v) is 11.2. The Balaban J connectivity index is 1.61. The zero-order chi connectivity index (χ0) is 19.8. The summed E-state index contributed by atoms with van der Waals surface area (Å²) in [7, 11) is 0. The van der Waals surface area contributed by atoms with E-state index in [1.165, 1.54) is 41.5 Å². The van der Waals surface area contributed by atoms with Crippen molar-refractivity contribution in [2.24, 2.45) is 0 Å². The molecule has 0 saturated carbocycles. The summed E-state index contributed by atoms with van der Waals surface area (Å²) in [5, 5.41) is 2.36. The van der Waals surface area contributed by atoms with E-state index < -0.39 is 0 Å². The van der Waals surface area contributed by atoms with Crippen LogP contribution >= 0.6 is 23.5 Å². The molecule has 0 bridgehead atoms. The van der Waals surface area contributed by atoms with Gasteiger partial charge >= 0.3 is 0 Å². The second-order valence-electron chi connectivity index (χ2n) is 7.16. The van der Waals surface area contributed by atoms with E-state index in [2.05, 4.69) is 98.8 Å². The Morgan fingerprint density at radius 2 is 0.966 bits per heavy atom. The van der Waals surface area contributed by atoms with Gasteiger partial charge in [0.05, 0.1) is 0 Å². The lowest BCUT2D eigenvalue weighted by Gasteiger charge is -2.07. The Hall–Kier alpha value is -2.62. The summed E-state index contributed by atoms with van der Waals surface area (Å²) in [6.45, 7) is 4.31. The quantitative estimate of drug-likeness (QED) is 0.294. The Morgan fingerprint density at radius 3 is 1.38 bits per heavy atom. The predicted octanol–water partition coefficient (Wildman–Crippen LogP) is 8.51. The van der Waals surface area contributed by atoms with Gasteiger partial charge in [0, 0.05) is 30.4 Å². The highest BCUT2D eigenvalue weighted by atomic mass is 32.2. The van der Waals surface area contributed by atoms with Crippen LogP contribution < -0.4 is 0 Å². The fourth-order valence-electron chi connectivity index (χ4n) is 3.48. The fourth-order valence-corrected chi connectivity index (χ4v) is 5.37. The summed E-state index contributed by atoms with van der Waals surface area (Å²) >= 11 is 3.61. The van der Waals surface area contributed by atoms with Gasteiger partial charge in [0.1, 0.15) is 11.2 Å². The summed E-state index contributed by atoms with van der Waals surface area (Å²) in [5.41, 5.74) is 4.38. The van der Waals surface area contributed by atoms with E-state index in [0.29, 0.717) is 0 Å². The Labute approximate surface area is 179 Å². The molecule has 3 heteroatoms. The zero-order valence-electron chi connectivity index (χ0n) is 16.3. The minimum Gasteiger partial charge on any atom is -0.456 e. The van der Waals surface area contributed by atoms with Crippen LogP contribution in [0.5, 0.6) is 0 Å². The molecule has 0 atom stereocenters. The van der Waals surface area contributed by atoms with Gasteiger partial charge in [0.25, 0.3) is 0 Å². The topological polar surface area (TPSA) is 13.1 Å². The van der Waals surface area contributed by atoms with Crippen LogP contribution in [-0.4, -0.2) is 0 Å². The highest BCUT2D eigenvalue weighted by molar-refractivity contribution is 7.99. The minimum atomic E-state index is 0.955. The average Bonchev–Trinajstić information content (AvgIpc) is 3.06. The van der Waals surface area contributed by atoms with E-state index in [4.69, 9.17) is 4.42 Å². The number of fused-ring (bicyclic) bond motifs is 3. The van der Waals surface area contributed by atoms with Gasteiger partial charge in [-0.3, -0.25) is 0 Å². The van der Waals surface area contributed by atoms with Crippen LogP contribution in [0.15, 0.2) is 109 Å². The van der Waals surface area contributed by atoms with E-state index in [0.717, 1.165) is 11.2 Å². The van der Waals surface area contributed by atoms with Crippen molar-refractivity contribution in [1.82, 2.24) is 0 Å². The summed E-state index contributed by atoms with van der Waals surface area (Å²) in [6.07, 6.45) is 0. The van der Waals surface area contributed by atoms with E-state index in [9.17, 15) is 0 Å². The maximum Gasteiger partial charge on any atom is 0.135 e. The smallest absolute Gasteiger partial charge is 0.135 e. The molecular formula is C26H20OS2. The van der Waals surface area contributed by atoms with E-state index in [1.54, 1.807) is 23.5 Å². The van der Waals surface area contributed by atoms with E-state index in [-0.39, 0.29) is 0 Å². The largest absolute Gasteiger partial charge is 0.456 e. The lowest BCUT2D eigenvalue weighted by molar-refractivity contribution is 0.667. The minimum absolute atomic E-state index is 0.955. The first-order chi connectivity index (χ1) is 14.2. The van der Waals surface area contributed by atoms with Crippen molar-refractivity contribution >= 4 is 45.5 Å². The molecule has 0 radical (unpaired) electrons. The van der Waals surface area contributed by atoms with Gasteiger partial charge in [0.15, 0.2) is 0 Å². The maximum atomic E-state index is 6.21. The molecule has 0 amide bonds. The highest BCUT2D eigenvalue weighted by Gasteiger charge is 2.13. The molecule has 29 heavy (non-hydrogen) atoms. The number of hydrogen-bond donors (Lipinski definition) is 0. The molecule has 5 aromatic rings. The zero-order valence-corrected chi connectivity index (χ0v) is 17.9. The number of hydrogen-bond acceptors (Lipinski definition) is 3. The summed E-state index contributed by atoms with van der Waals surface area (Å²) in [5.74, 6) is 0. The van der Waals surface area contributed by atoms with Crippen LogP contribution in [0.1, 0.15) is 11.1 Å². The second kappa shape index (κ2) is 7.66. The standard InChI is InChI=1S/C26H20OS2/c1-17-13-23-21(15-25(17)28-19-9-5-3-6-10-19)22-16-26(18(2)14-24(22)27-23)29-20-11-7-4-8-12-20/h3-16H,1-2H3.